The van der Waals surface area contributed by atoms with Gasteiger partial charge in [0.1, 0.15) is 24.4 Å². The van der Waals surface area contributed by atoms with E-state index in [0.29, 0.717) is 18.8 Å². The molecule has 208 valence electrons. The van der Waals surface area contributed by atoms with Crippen LogP contribution < -0.4 is 5.32 Å². The van der Waals surface area contributed by atoms with Gasteiger partial charge in [0.2, 0.25) is 0 Å². The Morgan fingerprint density at radius 2 is 1.76 bits per heavy atom. The highest BCUT2D eigenvalue weighted by Gasteiger charge is 2.58. The van der Waals surface area contributed by atoms with Gasteiger partial charge in [-0.05, 0) is 65.3 Å². The van der Waals surface area contributed by atoms with E-state index in [0.717, 1.165) is 44.3 Å². The summed E-state index contributed by atoms with van der Waals surface area (Å²) >= 11 is 0. The molecule has 3 fully saturated rings. The summed E-state index contributed by atoms with van der Waals surface area (Å²) in [6, 6.07) is 7.67. The first-order valence-corrected chi connectivity index (χ1v) is 14.2. The van der Waals surface area contributed by atoms with Crippen LogP contribution in [0.2, 0.25) is 0 Å². The highest BCUT2D eigenvalue weighted by Crippen LogP contribution is 2.41. The average molecular weight is 519 g/mol. The maximum atomic E-state index is 13.0. The predicted octanol–water partition coefficient (Wildman–Crippen LogP) is 5.63. The third-order valence-electron chi connectivity index (χ3n) is 7.39. The molecule has 0 radical (unpaired) electrons. The van der Waals surface area contributed by atoms with Gasteiger partial charge >= 0.3 is 6.09 Å². The second-order valence-corrected chi connectivity index (χ2v) is 11.1. The Labute approximate surface area is 222 Å². The summed E-state index contributed by atoms with van der Waals surface area (Å²) in [6.07, 6.45) is 6.56. The van der Waals surface area contributed by atoms with Crippen LogP contribution in [0.15, 0.2) is 24.3 Å². The minimum absolute atomic E-state index is 0.358. The number of carbonyl (C=O) groups is 1. The third-order valence-corrected chi connectivity index (χ3v) is 7.39. The van der Waals surface area contributed by atoms with Crippen molar-refractivity contribution in [3.05, 3.63) is 29.8 Å². The molecule has 5 atom stereocenters. The molecule has 0 aromatic heterocycles. The van der Waals surface area contributed by atoms with Crippen molar-refractivity contribution in [3.63, 3.8) is 0 Å². The van der Waals surface area contributed by atoms with Crippen LogP contribution >= 0.6 is 0 Å². The number of nitrogens with one attached hydrogen (secondary N) is 1. The number of hydrogen-bond donors (Lipinski definition) is 1. The molecule has 37 heavy (non-hydrogen) atoms. The molecule has 0 bridgehead atoms. The third kappa shape index (κ3) is 8.14. The van der Waals surface area contributed by atoms with Crippen LogP contribution in [0.25, 0.3) is 0 Å². The Kier molecular flexibility index (Phi) is 10.2. The second-order valence-electron chi connectivity index (χ2n) is 11.1. The molecule has 0 unspecified atom stereocenters. The summed E-state index contributed by atoms with van der Waals surface area (Å²) in [7, 11) is 0. The largest absolute Gasteiger partial charge is 0.442 e. The summed E-state index contributed by atoms with van der Waals surface area (Å²) in [5.41, 5.74) is 1.83. The average Bonchev–Trinajstić information content (AvgIpc) is 3.36. The quantitative estimate of drug-likeness (QED) is 0.359. The van der Waals surface area contributed by atoms with Crippen LogP contribution in [0.1, 0.15) is 77.7 Å². The van der Waals surface area contributed by atoms with E-state index in [1.165, 1.54) is 25.7 Å². The van der Waals surface area contributed by atoms with E-state index in [1.807, 2.05) is 45.0 Å². The number of unbranched alkanes of at least 4 members (excludes halogenated alkanes) is 4. The monoisotopic (exact) mass is 518 g/mol. The molecule has 1 N–H and O–H groups in total. The summed E-state index contributed by atoms with van der Waals surface area (Å²) in [6.45, 7) is 11.2. The van der Waals surface area contributed by atoms with Crippen molar-refractivity contribution >= 4 is 11.8 Å². The van der Waals surface area contributed by atoms with Crippen LogP contribution in [0, 0.1) is 6.92 Å². The zero-order chi connectivity index (χ0) is 26.3. The van der Waals surface area contributed by atoms with Crippen molar-refractivity contribution < 1.29 is 28.5 Å². The number of aryl methyl sites for hydroxylation is 1. The topological polar surface area (TPSA) is 78.5 Å². The zero-order valence-electron chi connectivity index (χ0n) is 23.1. The lowest BCUT2D eigenvalue weighted by atomic mass is 10.0. The molecule has 1 amide bonds. The fraction of sp³-hybridized carbons (Fsp3) is 0.759. The number of fused-ring (bicyclic) bond motifs is 1. The van der Waals surface area contributed by atoms with Crippen molar-refractivity contribution in [3.8, 4) is 0 Å². The molecular weight excluding hydrogens is 472 g/mol. The van der Waals surface area contributed by atoms with E-state index >= 15 is 0 Å². The number of hydrogen-bond acceptors (Lipinski definition) is 7. The van der Waals surface area contributed by atoms with Gasteiger partial charge in [-0.25, -0.2) is 4.79 Å². The number of ether oxygens (including phenoxy) is 5. The van der Waals surface area contributed by atoms with Crippen LogP contribution in [0.4, 0.5) is 10.5 Å². The van der Waals surface area contributed by atoms with Gasteiger partial charge in [0.25, 0.3) is 0 Å². The minimum Gasteiger partial charge on any atom is -0.442 e. The Bertz CT molecular complexity index is 841. The van der Waals surface area contributed by atoms with Crippen molar-refractivity contribution in [1.29, 1.82) is 0 Å². The molecule has 8 heteroatoms. The molecule has 0 saturated carbocycles. The normalized spacial score (nSPS) is 28.1. The van der Waals surface area contributed by atoms with Gasteiger partial charge in [-0.3, -0.25) is 10.2 Å². The maximum absolute atomic E-state index is 13.0. The molecule has 1 aromatic rings. The van der Waals surface area contributed by atoms with Crippen LogP contribution in [-0.4, -0.2) is 73.7 Å². The van der Waals surface area contributed by atoms with Crippen LogP contribution in [0.3, 0.4) is 0 Å². The molecular formula is C29H46N2O6. The van der Waals surface area contributed by atoms with E-state index in [-0.39, 0.29) is 12.2 Å². The SMILES string of the molecule is CCCCCCCO[C@H]1O[C@H]([C@@H](CN2CCCCC2)OC(=O)Nc2ccc(C)cc2)[C@@H]2OC(C)(C)O[C@H]12. The first kappa shape index (κ1) is 28.3. The zero-order valence-corrected chi connectivity index (χ0v) is 23.1. The highest BCUT2D eigenvalue weighted by molar-refractivity contribution is 5.84. The smallest absolute Gasteiger partial charge is 0.412 e. The summed E-state index contributed by atoms with van der Waals surface area (Å²) in [4.78, 5) is 15.3. The van der Waals surface area contributed by atoms with E-state index in [4.69, 9.17) is 23.7 Å². The Morgan fingerprint density at radius 1 is 1.05 bits per heavy atom. The minimum atomic E-state index is -0.750. The Balaban J connectivity index is 1.43. The Hall–Kier alpha value is -1.71. The van der Waals surface area contributed by atoms with E-state index in [1.54, 1.807) is 0 Å². The first-order chi connectivity index (χ1) is 17.8. The van der Waals surface area contributed by atoms with Crippen molar-refractivity contribution in [2.24, 2.45) is 0 Å². The van der Waals surface area contributed by atoms with Gasteiger partial charge in [0.05, 0.1) is 0 Å². The van der Waals surface area contributed by atoms with E-state index < -0.39 is 30.4 Å². The van der Waals surface area contributed by atoms with Gasteiger partial charge in [-0.15, -0.1) is 0 Å². The van der Waals surface area contributed by atoms with Gasteiger partial charge in [-0.1, -0.05) is 56.7 Å². The first-order valence-electron chi connectivity index (χ1n) is 14.2. The maximum Gasteiger partial charge on any atom is 0.412 e. The molecule has 3 saturated heterocycles. The van der Waals surface area contributed by atoms with Gasteiger partial charge in [0.15, 0.2) is 12.1 Å². The molecule has 3 aliphatic rings. The predicted molar refractivity (Wildman–Crippen MR) is 143 cm³/mol. The van der Waals surface area contributed by atoms with Crippen molar-refractivity contribution in [2.45, 2.75) is 116 Å². The molecule has 3 aliphatic heterocycles. The molecule has 4 rings (SSSR count). The lowest BCUT2D eigenvalue weighted by Gasteiger charge is -2.34. The van der Waals surface area contributed by atoms with Gasteiger partial charge < -0.3 is 23.7 Å². The molecule has 8 nitrogen and oxygen atoms in total. The number of rotatable bonds is 12. The van der Waals surface area contributed by atoms with Crippen LogP contribution in [0.5, 0.6) is 0 Å². The van der Waals surface area contributed by atoms with E-state index in [2.05, 4.69) is 17.1 Å². The van der Waals surface area contributed by atoms with Gasteiger partial charge in [0, 0.05) is 18.8 Å². The number of anilines is 1. The summed E-state index contributed by atoms with van der Waals surface area (Å²) in [5, 5.41) is 2.87. The fourth-order valence-electron chi connectivity index (χ4n) is 5.46. The second kappa shape index (κ2) is 13.4. The number of carbonyl (C=O) groups excluding carboxylic acids is 1. The van der Waals surface area contributed by atoms with Crippen molar-refractivity contribution in [2.75, 3.05) is 31.6 Å². The summed E-state index contributed by atoms with van der Waals surface area (Å²) < 4.78 is 31.2. The molecule has 3 heterocycles. The highest BCUT2D eigenvalue weighted by atomic mass is 16.8. The van der Waals surface area contributed by atoms with Crippen LogP contribution in [-0.2, 0) is 23.7 Å². The standard InChI is InChI=1S/C29H46N2O6/c1-5-6-7-8-12-19-33-27-26-25(36-29(3,4)37-26)24(35-27)23(20-31-17-10-9-11-18-31)34-28(32)30-22-15-13-21(2)14-16-22/h13-16,23-27H,5-12,17-20H2,1-4H3,(H,30,32)/t23-,24-,25+,26+,27+/m1/s1. The fourth-order valence-corrected chi connectivity index (χ4v) is 5.46. The van der Waals surface area contributed by atoms with Gasteiger partial charge in [-0.2, -0.15) is 0 Å². The molecule has 0 aliphatic carbocycles. The number of amides is 1. The van der Waals surface area contributed by atoms with E-state index in [9.17, 15) is 4.79 Å². The number of nitrogens with zero attached hydrogens (tertiary/aromatic N) is 1. The Morgan fingerprint density at radius 3 is 2.49 bits per heavy atom. The molecule has 0 spiro atoms. The lowest BCUT2D eigenvalue weighted by Crippen LogP contribution is -2.49. The number of benzene rings is 1. The molecule has 1 aromatic carbocycles. The number of likely N-dealkylation sites (tertiary alicyclic amines) is 1. The summed E-state index contributed by atoms with van der Waals surface area (Å²) in [5.74, 6) is -0.750. The lowest BCUT2D eigenvalue weighted by molar-refractivity contribution is -0.243. The van der Waals surface area contributed by atoms with Crippen molar-refractivity contribution in [1.82, 2.24) is 4.90 Å². The number of piperidine rings is 1.